The number of pyridine rings is 1. The Bertz CT molecular complexity index is 686. The summed E-state index contributed by atoms with van der Waals surface area (Å²) in [5.41, 5.74) is 2.39. The molecule has 2 unspecified atom stereocenters. The highest BCUT2D eigenvalue weighted by Crippen LogP contribution is 2.37. The van der Waals surface area contributed by atoms with E-state index in [1.165, 1.54) is 37.8 Å². The number of hydrogen-bond acceptors (Lipinski definition) is 4. The van der Waals surface area contributed by atoms with E-state index in [4.69, 9.17) is 9.72 Å². The van der Waals surface area contributed by atoms with E-state index in [0.29, 0.717) is 12.3 Å². The lowest BCUT2D eigenvalue weighted by molar-refractivity contribution is -0.137. The summed E-state index contributed by atoms with van der Waals surface area (Å²) in [6.07, 6.45) is 10.5. The molecule has 1 saturated carbocycles. The Balaban J connectivity index is 1.26. The molecule has 1 aliphatic carbocycles. The van der Waals surface area contributed by atoms with Gasteiger partial charge in [0.2, 0.25) is 11.8 Å². The van der Waals surface area contributed by atoms with Crippen molar-refractivity contribution in [3.8, 4) is 5.88 Å². The molecule has 0 bridgehead atoms. The van der Waals surface area contributed by atoms with Gasteiger partial charge in [-0.3, -0.25) is 9.69 Å². The lowest BCUT2D eigenvalue weighted by Crippen LogP contribution is -2.42. The second-order valence-electron chi connectivity index (χ2n) is 8.39. The highest BCUT2D eigenvalue weighted by atomic mass is 16.5. The van der Waals surface area contributed by atoms with Gasteiger partial charge in [0.05, 0.1) is 11.7 Å². The van der Waals surface area contributed by atoms with Gasteiger partial charge >= 0.3 is 0 Å². The topological polar surface area (TPSA) is 45.7 Å². The fourth-order valence-electron chi connectivity index (χ4n) is 5.43. The van der Waals surface area contributed by atoms with Crippen molar-refractivity contribution in [3.05, 3.63) is 23.4 Å². The molecular weight excluding hydrogens is 326 g/mol. The number of hydrogen-bond donors (Lipinski definition) is 0. The van der Waals surface area contributed by atoms with Gasteiger partial charge in [-0.1, -0.05) is 12.8 Å². The van der Waals surface area contributed by atoms with Gasteiger partial charge in [0.15, 0.2) is 0 Å². The van der Waals surface area contributed by atoms with Crippen LogP contribution >= 0.6 is 0 Å². The molecule has 0 spiro atoms. The van der Waals surface area contributed by atoms with Crippen LogP contribution in [0.5, 0.6) is 5.88 Å². The molecule has 2 atom stereocenters. The quantitative estimate of drug-likeness (QED) is 0.836. The van der Waals surface area contributed by atoms with Crippen LogP contribution in [-0.4, -0.2) is 52.5 Å². The van der Waals surface area contributed by atoms with Gasteiger partial charge in [-0.2, -0.15) is 0 Å². The van der Waals surface area contributed by atoms with E-state index >= 15 is 0 Å². The van der Waals surface area contributed by atoms with Gasteiger partial charge in [0, 0.05) is 44.6 Å². The number of carbonyl (C=O) groups is 1. The minimum Gasteiger partial charge on any atom is -0.473 e. The van der Waals surface area contributed by atoms with Crippen LogP contribution in [0.2, 0.25) is 0 Å². The molecule has 4 aliphatic rings. The first-order chi connectivity index (χ1) is 12.8. The monoisotopic (exact) mass is 355 g/mol. The second-order valence-corrected chi connectivity index (χ2v) is 8.39. The van der Waals surface area contributed by atoms with Gasteiger partial charge in [0.1, 0.15) is 6.10 Å². The Morgan fingerprint density at radius 3 is 2.77 bits per heavy atom. The van der Waals surface area contributed by atoms with Crippen molar-refractivity contribution < 1.29 is 9.53 Å². The number of nitrogens with zero attached hydrogens (tertiary/aromatic N) is 3. The fraction of sp³-hybridized carbons (Fsp3) is 0.714. The number of carbonyl (C=O) groups excluding carboxylic acids is 1. The average molecular weight is 355 g/mol. The van der Waals surface area contributed by atoms with E-state index in [-0.39, 0.29) is 12.1 Å². The van der Waals surface area contributed by atoms with Crippen LogP contribution in [0.15, 0.2) is 12.1 Å². The minimum atomic E-state index is 0.242. The summed E-state index contributed by atoms with van der Waals surface area (Å²) in [7, 11) is 0. The minimum absolute atomic E-state index is 0.242. The number of likely N-dealkylation sites (tertiary alicyclic amines) is 1. The van der Waals surface area contributed by atoms with Crippen molar-refractivity contribution in [1.82, 2.24) is 14.8 Å². The fourth-order valence-corrected chi connectivity index (χ4v) is 5.43. The highest BCUT2D eigenvalue weighted by molar-refractivity contribution is 5.78. The maximum atomic E-state index is 12.2. The molecule has 26 heavy (non-hydrogen) atoms. The number of amides is 1. The molecule has 1 aromatic heterocycles. The number of ether oxygens (including phenoxy) is 1. The first kappa shape index (κ1) is 16.5. The number of rotatable bonds is 3. The SMILES string of the molecule is O=C1CCCC2c3ccc(OC4CCN(C5CCCC5)C4)nc3CCN12. The van der Waals surface area contributed by atoms with Crippen LogP contribution in [0.1, 0.15) is 68.7 Å². The summed E-state index contributed by atoms with van der Waals surface area (Å²) >= 11 is 0. The Morgan fingerprint density at radius 1 is 1.00 bits per heavy atom. The average Bonchev–Trinajstić information content (AvgIpc) is 3.33. The number of piperidine rings is 1. The molecule has 3 aliphatic heterocycles. The standard InChI is InChI=1S/C21H29N3O2/c25-21-7-3-6-19-17-8-9-20(22-18(17)11-13-24(19)21)26-16-10-12-23(14-16)15-4-1-2-5-15/h8-9,15-16,19H,1-7,10-14H2. The Kier molecular flexibility index (Phi) is 4.35. The van der Waals surface area contributed by atoms with Crippen LogP contribution in [-0.2, 0) is 11.2 Å². The third kappa shape index (κ3) is 3.00. The van der Waals surface area contributed by atoms with Gasteiger partial charge in [-0.25, -0.2) is 4.98 Å². The Hall–Kier alpha value is -1.62. The molecule has 1 aromatic rings. The zero-order valence-electron chi connectivity index (χ0n) is 15.5. The maximum absolute atomic E-state index is 12.2. The molecule has 0 aromatic carbocycles. The summed E-state index contributed by atoms with van der Waals surface area (Å²) in [4.78, 5) is 21.7. The Morgan fingerprint density at radius 2 is 1.88 bits per heavy atom. The van der Waals surface area contributed by atoms with Crippen LogP contribution in [0, 0.1) is 0 Å². The van der Waals surface area contributed by atoms with Crippen molar-refractivity contribution in [1.29, 1.82) is 0 Å². The van der Waals surface area contributed by atoms with Crippen LogP contribution in [0.4, 0.5) is 0 Å². The molecule has 4 heterocycles. The Labute approximate surface area is 155 Å². The summed E-state index contributed by atoms with van der Waals surface area (Å²) in [6.45, 7) is 3.03. The lowest BCUT2D eigenvalue weighted by Gasteiger charge is -2.40. The van der Waals surface area contributed by atoms with Gasteiger partial charge in [-0.05, 0) is 43.7 Å². The molecule has 5 heteroatoms. The summed E-state index contributed by atoms with van der Waals surface area (Å²) in [5.74, 6) is 1.09. The van der Waals surface area contributed by atoms with E-state index in [2.05, 4.69) is 15.9 Å². The van der Waals surface area contributed by atoms with E-state index in [9.17, 15) is 4.79 Å². The number of aromatic nitrogens is 1. The van der Waals surface area contributed by atoms with Crippen molar-refractivity contribution in [2.75, 3.05) is 19.6 Å². The summed E-state index contributed by atoms with van der Waals surface area (Å²) < 4.78 is 6.26. The molecule has 5 rings (SSSR count). The maximum Gasteiger partial charge on any atom is 0.223 e. The van der Waals surface area contributed by atoms with Gasteiger partial charge < -0.3 is 9.64 Å². The largest absolute Gasteiger partial charge is 0.473 e. The predicted octanol–water partition coefficient (Wildman–Crippen LogP) is 3.09. The van der Waals surface area contributed by atoms with Gasteiger partial charge in [0.25, 0.3) is 0 Å². The zero-order chi connectivity index (χ0) is 17.5. The van der Waals surface area contributed by atoms with Gasteiger partial charge in [-0.15, -0.1) is 0 Å². The van der Waals surface area contributed by atoms with Crippen molar-refractivity contribution in [3.63, 3.8) is 0 Å². The molecule has 0 N–H and O–H groups in total. The molecule has 1 amide bonds. The van der Waals surface area contributed by atoms with Crippen LogP contribution in [0.3, 0.4) is 0 Å². The zero-order valence-corrected chi connectivity index (χ0v) is 15.5. The molecule has 140 valence electrons. The molecule has 5 nitrogen and oxygen atoms in total. The van der Waals surface area contributed by atoms with Crippen LogP contribution in [0.25, 0.3) is 0 Å². The normalized spacial score (nSPS) is 29.7. The van der Waals surface area contributed by atoms with E-state index in [0.717, 1.165) is 56.4 Å². The summed E-state index contributed by atoms with van der Waals surface area (Å²) in [5, 5.41) is 0. The molecule has 0 radical (unpaired) electrons. The molecule has 2 saturated heterocycles. The first-order valence-electron chi connectivity index (χ1n) is 10.5. The molecule has 3 fully saturated rings. The highest BCUT2D eigenvalue weighted by Gasteiger charge is 2.35. The third-order valence-corrected chi connectivity index (χ3v) is 6.80. The third-order valence-electron chi connectivity index (χ3n) is 6.80. The van der Waals surface area contributed by atoms with Crippen molar-refractivity contribution in [2.45, 2.75) is 76.0 Å². The lowest BCUT2D eigenvalue weighted by atomic mass is 9.89. The molecular formula is C21H29N3O2. The van der Waals surface area contributed by atoms with Crippen LogP contribution < -0.4 is 4.74 Å². The summed E-state index contributed by atoms with van der Waals surface area (Å²) in [6, 6.07) is 5.22. The van der Waals surface area contributed by atoms with Crippen molar-refractivity contribution in [2.24, 2.45) is 0 Å². The number of fused-ring (bicyclic) bond motifs is 3. The van der Waals surface area contributed by atoms with Crippen molar-refractivity contribution >= 4 is 5.91 Å². The predicted molar refractivity (Wildman–Crippen MR) is 99.1 cm³/mol. The first-order valence-corrected chi connectivity index (χ1v) is 10.5. The van der Waals surface area contributed by atoms with E-state index < -0.39 is 0 Å². The van der Waals surface area contributed by atoms with E-state index in [1.807, 2.05) is 6.07 Å². The second kappa shape index (κ2) is 6.84. The smallest absolute Gasteiger partial charge is 0.223 e. The van der Waals surface area contributed by atoms with E-state index in [1.54, 1.807) is 0 Å².